The van der Waals surface area contributed by atoms with Crippen molar-refractivity contribution >= 4 is 5.91 Å². The minimum atomic E-state index is -3.10. The van der Waals surface area contributed by atoms with Crippen LogP contribution in [0.1, 0.15) is 31.9 Å². The largest absolute Gasteiger partial charge is 0.272 e. The molecule has 1 amide bonds. The highest BCUT2D eigenvalue weighted by atomic mass is 19.3. The monoisotopic (exact) mass is 298 g/mol. The van der Waals surface area contributed by atoms with E-state index in [0.717, 1.165) is 6.92 Å². The number of alkyl halides is 2. The van der Waals surface area contributed by atoms with Gasteiger partial charge in [-0.15, -0.1) is 0 Å². The quantitative estimate of drug-likeness (QED) is 0.838. The predicted octanol–water partition coefficient (Wildman–Crippen LogP) is 2.99. The van der Waals surface area contributed by atoms with E-state index in [9.17, 15) is 18.0 Å². The summed E-state index contributed by atoms with van der Waals surface area (Å²) in [7, 11) is 0. The number of carbonyl (C=O) groups excluding carboxylic acids is 1. The average Bonchev–Trinajstić information content (AvgIpc) is 2.89. The van der Waals surface area contributed by atoms with Crippen molar-refractivity contribution in [2.75, 3.05) is 13.1 Å². The van der Waals surface area contributed by atoms with Gasteiger partial charge in [0, 0.05) is 20.0 Å². The third-order valence-electron chi connectivity index (χ3n) is 4.64. The van der Waals surface area contributed by atoms with Gasteiger partial charge in [0.1, 0.15) is 11.2 Å². The first-order chi connectivity index (χ1) is 9.74. The van der Waals surface area contributed by atoms with Crippen LogP contribution in [-0.4, -0.2) is 34.9 Å². The van der Waals surface area contributed by atoms with Crippen LogP contribution >= 0.6 is 0 Å². The molecule has 0 spiro atoms. The van der Waals surface area contributed by atoms with Gasteiger partial charge < -0.3 is 0 Å². The second kappa shape index (κ2) is 4.47. The summed E-state index contributed by atoms with van der Waals surface area (Å²) in [6.07, 6.45) is 0.626. The summed E-state index contributed by atoms with van der Waals surface area (Å²) >= 11 is 0. The van der Waals surface area contributed by atoms with Gasteiger partial charge in [-0.2, -0.15) is 0 Å². The van der Waals surface area contributed by atoms with Crippen molar-refractivity contribution in [3.8, 4) is 0 Å². The number of carbonyl (C=O) groups is 1. The van der Waals surface area contributed by atoms with E-state index in [4.69, 9.17) is 0 Å². The second-order valence-corrected chi connectivity index (χ2v) is 6.12. The average molecular weight is 298 g/mol. The number of hydrogen-bond acceptors (Lipinski definition) is 2. The lowest BCUT2D eigenvalue weighted by molar-refractivity contribution is -0.156. The van der Waals surface area contributed by atoms with Gasteiger partial charge in [0.05, 0.1) is 6.04 Å². The van der Waals surface area contributed by atoms with Gasteiger partial charge in [-0.1, -0.05) is 12.1 Å². The smallest absolute Gasteiger partial charge is 0.260 e. The van der Waals surface area contributed by atoms with E-state index in [0.29, 0.717) is 18.5 Å². The fourth-order valence-corrected chi connectivity index (χ4v) is 3.16. The molecule has 2 atom stereocenters. The first-order valence-corrected chi connectivity index (χ1v) is 6.96. The summed E-state index contributed by atoms with van der Waals surface area (Å²) in [5, 5.41) is 3.06. The van der Waals surface area contributed by atoms with Crippen LogP contribution in [0.5, 0.6) is 0 Å². The van der Waals surface area contributed by atoms with Crippen molar-refractivity contribution in [3.05, 3.63) is 35.6 Å². The van der Waals surface area contributed by atoms with Gasteiger partial charge in [0.2, 0.25) is 0 Å². The summed E-state index contributed by atoms with van der Waals surface area (Å²) in [5.41, 5.74) is -1.08. The van der Waals surface area contributed by atoms with Gasteiger partial charge in [0.25, 0.3) is 11.8 Å². The molecule has 6 heteroatoms. The molecule has 0 bridgehead atoms. The Morgan fingerprint density at radius 1 is 1.38 bits per heavy atom. The molecule has 2 aliphatic heterocycles. The Hall–Kier alpha value is -1.56. The summed E-state index contributed by atoms with van der Waals surface area (Å²) < 4.78 is 41.0. The summed E-state index contributed by atoms with van der Waals surface area (Å²) in [5.74, 6) is -4.07. The maximum Gasteiger partial charge on any atom is 0.260 e. The standard InChI is InChI=1S/C15H17F3N2O/c1-14(15(2,17)18)9-19-7-6-12(20(19)13(14)21)10-4-3-5-11(16)8-10/h3-5,8,12H,6-7,9H2,1-2H3/t12-,14+/m1/s1. The molecule has 3 rings (SSSR count). The Bertz CT molecular complexity index is 587. The molecule has 0 radical (unpaired) electrons. The van der Waals surface area contributed by atoms with Crippen LogP contribution in [0.4, 0.5) is 13.2 Å². The number of nitrogens with zero attached hydrogens (tertiary/aromatic N) is 2. The summed E-state index contributed by atoms with van der Waals surface area (Å²) in [6.45, 7) is 2.61. The fraction of sp³-hybridized carbons (Fsp3) is 0.533. The van der Waals surface area contributed by atoms with Crippen LogP contribution in [0.3, 0.4) is 0 Å². The molecule has 0 aliphatic carbocycles. The molecule has 2 heterocycles. The van der Waals surface area contributed by atoms with Crippen LogP contribution < -0.4 is 0 Å². The van der Waals surface area contributed by atoms with Crippen LogP contribution in [0.25, 0.3) is 0 Å². The number of rotatable bonds is 2. The molecule has 0 aromatic heterocycles. The van der Waals surface area contributed by atoms with Crippen molar-refractivity contribution in [2.45, 2.75) is 32.2 Å². The second-order valence-electron chi connectivity index (χ2n) is 6.12. The summed E-state index contributed by atoms with van der Waals surface area (Å²) in [6, 6.07) is 5.62. The number of hydrogen-bond donors (Lipinski definition) is 0. The number of benzene rings is 1. The van der Waals surface area contributed by atoms with Crippen LogP contribution in [-0.2, 0) is 4.79 Å². The molecule has 1 aromatic carbocycles. The molecule has 2 aliphatic rings. The number of hydrazine groups is 1. The lowest BCUT2D eigenvalue weighted by Gasteiger charge is -2.30. The van der Waals surface area contributed by atoms with Gasteiger partial charge in [-0.05, 0) is 31.0 Å². The van der Waals surface area contributed by atoms with Crippen molar-refractivity contribution in [2.24, 2.45) is 5.41 Å². The third-order valence-corrected chi connectivity index (χ3v) is 4.64. The Kier molecular flexibility index (Phi) is 3.06. The van der Waals surface area contributed by atoms with Crippen LogP contribution in [0.15, 0.2) is 24.3 Å². The van der Waals surface area contributed by atoms with E-state index >= 15 is 0 Å². The number of fused-ring (bicyclic) bond motifs is 1. The normalized spacial score (nSPS) is 30.0. The predicted molar refractivity (Wildman–Crippen MR) is 70.9 cm³/mol. The molecule has 0 N–H and O–H groups in total. The van der Waals surface area contributed by atoms with E-state index in [2.05, 4.69) is 0 Å². The topological polar surface area (TPSA) is 23.6 Å². The SMILES string of the molecule is CC(F)(F)[C@@]1(C)CN2CC[C@H](c3cccc(F)c3)N2C1=O. The molecule has 1 aromatic rings. The molecule has 114 valence electrons. The van der Waals surface area contributed by atoms with E-state index in [-0.39, 0.29) is 18.4 Å². The van der Waals surface area contributed by atoms with Crippen molar-refractivity contribution in [1.29, 1.82) is 0 Å². The van der Waals surface area contributed by atoms with E-state index in [1.165, 1.54) is 24.1 Å². The van der Waals surface area contributed by atoms with E-state index < -0.39 is 17.2 Å². The Labute approximate surface area is 121 Å². The van der Waals surface area contributed by atoms with Crippen molar-refractivity contribution in [1.82, 2.24) is 10.0 Å². The first-order valence-electron chi connectivity index (χ1n) is 6.96. The zero-order valence-electron chi connectivity index (χ0n) is 11.9. The minimum Gasteiger partial charge on any atom is -0.272 e. The maximum absolute atomic E-state index is 13.8. The van der Waals surface area contributed by atoms with E-state index in [1.54, 1.807) is 17.1 Å². The van der Waals surface area contributed by atoms with Gasteiger partial charge >= 0.3 is 0 Å². The van der Waals surface area contributed by atoms with E-state index in [1.807, 2.05) is 0 Å². The molecule has 2 fully saturated rings. The maximum atomic E-state index is 13.8. The van der Waals surface area contributed by atoms with Crippen LogP contribution in [0.2, 0.25) is 0 Å². The molecular weight excluding hydrogens is 281 g/mol. The minimum absolute atomic E-state index is 0.00114. The Morgan fingerprint density at radius 3 is 2.71 bits per heavy atom. The zero-order chi connectivity index (χ0) is 15.4. The highest BCUT2D eigenvalue weighted by Crippen LogP contribution is 2.48. The lowest BCUT2D eigenvalue weighted by atomic mass is 9.83. The highest BCUT2D eigenvalue weighted by Gasteiger charge is 2.62. The first kappa shape index (κ1) is 14.4. The molecule has 21 heavy (non-hydrogen) atoms. The molecule has 3 nitrogen and oxygen atoms in total. The Balaban J connectivity index is 1.95. The van der Waals surface area contributed by atoms with Crippen molar-refractivity contribution in [3.63, 3.8) is 0 Å². The van der Waals surface area contributed by atoms with Crippen LogP contribution in [0, 0.1) is 11.2 Å². The number of amides is 1. The van der Waals surface area contributed by atoms with Gasteiger partial charge in [0.15, 0.2) is 0 Å². The Morgan fingerprint density at radius 2 is 2.10 bits per heavy atom. The lowest BCUT2D eigenvalue weighted by Crippen LogP contribution is -2.45. The zero-order valence-corrected chi connectivity index (χ0v) is 11.9. The number of halogens is 3. The molecular formula is C15H17F3N2O. The van der Waals surface area contributed by atoms with Gasteiger partial charge in [-0.3, -0.25) is 9.80 Å². The third kappa shape index (κ3) is 2.04. The highest BCUT2D eigenvalue weighted by molar-refractivity contribution is 5.86. The van der Waals surface area contributed by atoms with Gasteiger partial charge in [-0.25, -0.2) is 18.2 Å². The summed E-state index contributed by atoms with van der Waals surface area (Å²) in [4.78, 5) is 12.5. The fourth-order valence-electron chi connectivity index (χ4n) is 3.16. The van der Waals surface area contributed by atoms with Crippen molar-refractivity contribution < 1.29 is 18.0 Å². The molecule has 0 unspecified atom stereocenters. The molecule has 2 saturated heterocycles. The molecule has 0 saturated carbocycles.